The quantitative estimate of drug-likeness (QED) is 0.888. The molecule has 1 unspecified atom stereocenters. The summed E-state index contributed by atoms with van der Waals surface area (Å²) in [6.45, 7) is 1.63. The average molecular weight is 291 g/mol. The van der Waals surface area contributed by atoms with Crippen LogP contribution >= 0.6 is 11.3 Å². The van der Waals surface area contributed by atoms with Crippen molar-refractivity contribution in [3.63, 3.8) is 0 Å². The number of carbonyl (C=O) groups is 2. The zero-order chi connectivity index (χ0) is 14.5. The van der Waals surface area contributed by atoms with Crippen LogP contribution < -0.4 is 10.1 Å². The second-order valence-corrected chi connectivity index (χ2v) is 5.12. The predicted octanol–water partition coefficient (Wildman–Crippen LogP) is 2.85. The second kappa shape index (κ2) is 6.21. The minimum absolute atomic E-state index is 0.178. The van der Waals surface area contributed by atoms with Gasteiger partial charge in [-0.3, -0.25) is 4.79 Å². The molecule has 0 saturated heterocycles. The maximum atomic E-state index is 11.9. The van der Waals surface area contributed by atoms with Crippen molar-refractivity contribution in [3.05, 3.63) is 47.3 Å². The maximum absolute atomic E-state index is 11.9. The molecule has 0 bridgehead atoms. The minimum atomic E-state index is -1.01. The van der Waals surface area contributed by atoms with Crippen molar-refractivity contribution < 1.29 is 19.4 Å². The number of para-hydroxylation sites is 1. The summed E-state index contributed by atoms with van der Waals surface area (Å²) in [5.41, 5.74) is 0. The SMILES string of the molecule is CC(Oc1ccccc1)C(=O)Nc1ccc(C(=O)O)s1. The van der Waals surface area contributed by atoms with E-state index in [2.05, 4.69) is 5.32 Å². The standard InChI is InChI=1S/C14H13NO4S/c1-9(19-10-5-3-2-4-6-10)13(16)15-12-8-7-11(20-12)14(17)18/h2-9H,1H3,(H,15,16)(H,17,18). The predicted molar refractivity (Wildman–Crippen MR) is 76.4 cm³/mol. The highest BCUT2D eigenvalue weighted by Crippen LogP contribution is 2.22. The monoisotopic (exact) mass is 291 g/mol. The number of rotatable bonds is 5. The molecule has 2 rings (SSSR count). The van der Waals surface area contributed by atoms with E-state index in [0.717, 1.165) is 11.3 Å². The third-order valence-corrected chi connectivity index (χ3v) is 3.48. The summed E-state index contributed by atoms with van der Waals surface area (Å²) < 4.78 is 5.48. The van der Waals surface area contributed by atoms with E-state index >= 15 is 0 Å². The van der Waals surface area contributed by atoms with Crippen LogP contribution in [0.25, 0.3) is 0 Å². The van der Waals surface area contributed by atoms with Gasteiger partial charge in [0.25, 0.3) is 5.91 Å². The highest BCUT2D eigenvalue weighted by atomic mass is 32.1. The number of benzene rings is 1. The number of hydrogen-bond donors (Lipinski definition) is 2. The van der Waals surface area contributed by atoms with Crippen molar-refractivity contribution in [2.75, 3.05) is 5.32 Å². The highest BCUT2D eigenvalue weighted by molar-refractivity contribution is 7.18. The number of nitrogens with one attached hydrogen (secondary N) is 1. The number of ether oxygens (including phenoxy) is 1. The van der Waals surface area contributed by atoms with Gasteiger partial charge in [-0.15, -0.1) is 11.3 Å². The molecule has 0 saturated carbocycles. The van der Waals surface area contributed by atoms with E-state index < -0.39 is 12.1 Å². The molecule has 1 atom stereocenters. The molecule has 1 heterocycles. The van der Waals surface area contributed by atoms with Crippen LogP contribution in [0.2, 0.25) is 0 Å². The fraction of sp³-hybridized carbons (Fsp3) is 0.143. The molecule has 1 aromatic carbocycles. The fourth-order valence-electron chi connectivity index (χ4n) is 1.50. The van der Waals surface area contributed by atoms with E-state index in [1.54, 1.807) is 25.1 Å². The number of thiophene rings is 1. The van der Waals surface area contributed by atoms with Gasteiger partial charge in [0.15, 0.2) is 6.10 Å². The molecule has 0 fully saturated rings. The van der Waals surface area contributed by atoms with E-state index in [1.807, 2.05) is 18.2 Å². The summed E-state index contributed by atoms with van der Waals surface area (Å²) in [6.07, 6.45) is -0.673. The first-order valence-electron chi connectivity index (χ1n) is 5.92. The van der Waals surface area contributed by atoms with Gasteiger partial charge in [0, 0.05) is 0 Å². The Hall–Kier alpha value is -2.34. The van der Waals surface area contributed by atoms with Crippen LogP contribution in [-0.4, -0.2) is 23.1 Å². The maximum Gasteiger partial charge on any atom is 0.345 e. The average Bonchev–Trinajstić information content (AvgIpc) is 2.88. The Balaban J connectivity index is 1.95. The van der Waals surface area contributed by atoms with Crippen molar-refractivity contribution in [1.82, 2.24) is 0 Å². The van der Waals surface area contributed by atoms with Crippen molar-refractivity contribution in [2.45, 2.75) is 13.0 Å². The van der Waals surface area contributed by atoms with Crippen LogP contribution in [-0.2, 0) is 4.79 Å². The summed E-state index contributed by atoms with van der Waals surface area (Å²) in [5.74, 6) is -0.732. The van der Waals surface area contributed by atoms with Crippen LogP contribution in [0.3, 0.4) is 0 Å². The largest absolute Gasteiger partial charge is 0.481 e. The van der Waals surface area contributed by atoms with E-state index in [0.29, 0.717) is 10.8 Å². The van der Waals surface area contributed by atoms with Gasteiger partial charge < -0.3 is 15.2 Å². The zero-order valence-corrected chi connectivity index (χ0v) is 11.5. The first kappa shape index (κ1) is 14.1. The summed E-state index contributed by atoms with van der Waals surface area (Å²) in [4.78, 5) is 22.8. The lowest BCUT2D eigenvalue weighted by molar-refractivity contribution is -0.122. The molecule has 1 aromatic heterocycles. The van der Waals surface area contributed by atoms with Gasteiger partial charge in [0.1, 0.15) is 10.6 Å². The first-order chi connectivity index (χ1) is 9.56. The Kier molecular flexibility index (Phi) is 4.37. The number of anilines is 1. The lowest BCUT2D eigenvalue weighted by Crippen LogP contribution is -2.29. The second-order valence-electron chi connectivity index (χ2n) is 4.03. The van der Waals surface area contributed by atoms with Crippen molar-refractivity contribution in [3.8, 4) is 5.75 Å². The Labute approximate surface area is 119 Å². The molecule has 20 heavy (non-hydrogen) atoms. The van der Waals surface area contributed by atoms with Crippen LogP contribution in [0, 0.1) is 0 Å². The lowest BCUT2D eigenvalue weighted by Gasteiger charge is -2.13. The normalized spacial score (nSPS) is 11.7. The molecule has 0 aliphatic rings. The Bertz CT molecular complexity index is 609. The molecule has 0 spiro atoms. The Morgan fingerprint density at radius 1 is 1.20 bits per heavy atom. The number of aromatic carboxylic acids is 1. The number of hydrogen-bond acceptors (Lipinski definition) is 4. The first-order valence-corrected chi connectivity index (χ1v) is 6.73. The summed E-state index contributed by atoms with van der Waals surface area (Å²) in [6, 6.07) is 12.0. The van der Waals surface area contributed by atoms with E-state index in [1.165, 1.54) is 6.07 Å². The van der Waals surface area contributed by atoms with Gasteiger partial charge in [-0.1, -0.05) is 18.2 Å². The molecule has 104 valence electrons. The van der Waals surface area contributed by atoms with Gasteiger partial charge in [-0.05, 0) is 31.2 Å². The topological polar surface area (TPSA) is 75.6 Å². The smallest absolute Gasteiger partial charge is 0.345 e. The molecule has 6 heteroatoms. The molecule has 5 nitrogen and oxygen atoms in total. The van der Waals surface area contributed by atoms with Crippen LogP contribution in [0.5, 0.6) is 5.75 Å². The third-order valence-electron chi connectivity index (χ3n) is 2.49. The van der Waals surface area contributed by atoms with E-state index in [4.69, 9.17) is 9.84 Å². The zero-order valence-electron chi connectivity index (χ0n) is 10.7. The highest BCUT2D eigenvalue weighted by Gasteiger charge is 2.16. The van der Waals surface area contributed by atoms with Crippen LogP contribution in [0.15, 0.2) is 42.5 Å². The molecular weight excluding hydrogens is 278 g/mol. The third kappa shape index (κ3) is 3.58. The molecule has 0 aliphatic heterocycles. The molecule has 2 aromatic rings. The van der Waals surface area contributed by atoms with Crippen LogP contribution in [0.4, 0.5) is 5.00 Å². The van der Waals surface area contributed by atoms with Crippen molar-refractivity contribution in [1.29, 1.82) is 0 Å². The summed E-state index contributed by atoms with van der Waals surface area (Å²) in [7, 11) is 0. The lowest BCUT2D eigenvalue weighted by atomic mass is 10.3. The molecule has 0 radical (unpaired) electrons. The van der Waals surface area contributed by atoms with E-state index in [-0.39, 0.29) is 10.8 Å². The van der Waals surface area contributed by atoms with Crippen LogP contribution in [0.1, 0.15) is 16.6 Å². The molecule has 0 aliphatic carbocycles. The summed E-state index contributed by atoms with van der Waals surface area (Å²) in [5, 5.41) is 11.9. The fourth-order valence-corrected chi connectivity index (χ4v) is 2.25. The minimum Gasteiger partial charge on any atom is -0.481 e. The van der Waals surface area contributed by atoms with Gasteiger partial charge in [-0.2, -0.15) is 0 Å². The van der Waals surface area contributed by atoms with Gasteiger partial charge in [0.2, 0.25) is 0 Å². The number of carboxylic acids is 1. The number of carbonyl (C=O) groups excluding carboxylic acids is 1. The Morgan fingerprint density at radius 3 is 2.50 bits per heavy atom. The molecule has 2 N–H and O–H groups in total. The van der Waals surface area contributed by atoms with Crippen molar-refractivity contribution >= 4 is 28.2 Å². The number of amides is 1. The molecule has 1 amide bonds. The van der Waals surface area contributed by atoms with E-state index in [9.17, 15) is 9.59 Å². The Morgan fingerprint density at radius 2 is 1.90 bits per heavy atom. The van der Waals surface area contributed by atoms with Crippen molar-refractivity contribution in [2.24, 2.45) is 0 Å². The van der Waals surface area contributed by atoms with Gasteiger partial charge in [0.05, 0.1) is 5.00 Å². The summed E-state index contributed by atoms with van der Waals surface area (Å²) >= 11 is 1.01. The van der Waals surface area contributed by atoms with Gasteiger partial charge in [-0.25, -0.2) is 4.79 Å². The molecular formula is C14H13NO4S. The van der Waals surface area contributed by atoms with Gasteiger partial charge >= 0.3 is 5.97 Å². The number of carboxylic acid groups (broad SMARTS) is 1.